The summed E-state index contributed by atoms with van der Waals surface area (Å²) in [5.74, 6) is 0. The molecule has 1 atom stereocenters. The van der Waals surface area contributed by atoms with Crippen LogP contribution in [0.15, 0.2) is 54.6 Å². The van der Waals surface area contributed by atoms with Gasteiger partial charge in [-0.3, -0.25) is 0 Å². The Balaban J connectivity index is 1.91. The Morgan fingerprint density at radius 1 is 0.889 bits per heavy atom. The van der Waals surface area contributed by atoms with E-state index in [1.54, 1.807) is 0 Å². The van der Waals surface area contributed by atoms with Crippen LogP contribution in [0.5, 0.6) is 0 Å². The number of nitrogens with two attached hydrogens (primary N) is 1. The summed E-state index contributed by atoms with van der Waals surface area (Å²) < 4.78 is 0. The minimum atomic E-state index is 0.511. The first-order valence-corrected chi connectivity index (χ1v) is 6.75. The van der Waals surface area contributed by atoms with Gasteiger partial charge in [0.15, 0.2) is 0 Å². The highest BCUT2D eigenvalue weighted by Gasteiger charge is 2.07. The largest absolute Gasteiger partial charge is 0.337 e. The number of benzene rings is 2. The van der Waals surface area contributed by atoms with Crippen LogP contribution in [-0.2, 0) is 13.0 Å². The van der Waals surface area contributed by atoms with Gasteiger partial charge in [0.1, 0.15) is 12.6 Å². The van der Waals surface area contributed by atoms with Gasteiger partial charge in [0, 0.05) is 11.1 Å². The summed E-state index contributed by atoms with van der Waals surface area (Å²) in [6.07, 6.45) is 1.12. The molecule has 0 saturated heterocycles. The maximum atomic E-state index is 2.39. The molecule has 0 amide bonds. The smallest absolute Gasteiger partial charge is 0.109 e. The number of aryl methyl sites for hydroxylation is 1. The van der Waals surface area contributed by atoms with Gasteiger partial charge in [-0.2, -0.15) is 0 Å². The number of hydrogen-bond acceptors (Lipinski definition) is 0. The zero-order valence-corrected chi connectivity index (χ0v) is 11.3. The molecule has 1 nitrogen and oxygen atoms in total. The van der Waals surface area contributed by atoms with E-state index in [0.717, 1.165) is 13.0 Å². The Labute approximate surface area is 110 Å². The average molecular weight is 240 g/mol. The molecule has 2 rings (SSSR count). The molecule has 0 spiro atoms. The summed E-state index contributed by atoms with van der Waals surface area (Å²) in [6, 6.07) is 20.1. The van der Waals surface area contributed by atoms with Crippen molar-refractivity contribution in [3.05, 3.63) is 71.3 Å². The van der Waals surface area contributed by atoms with Crippen molar-refractivity contribution in [2.24, 2.45) is 0 Å². The third kappa shape index (κ3) is 3.44. The zero-order chi connectivity index (χ0) is 12.8. The molecule has 1 heteroatoms. The monoisotopic (exact) mass is 240 g/mol. The van der Waals surface area contributed by atoms with Gasteiger partial charge in [0.05, 0.1) is 0 Å². The van der Waals surface area contributed by atoms with Gasteiger partial charge in [0.2, 0.25) is 0 Å². The quantitative estimate of drug-likeness (QED) is 0.827. The molecule has 0 aliphatic carbocycles. The van der Waals surface area contributed by atoms with E-state index >= 15 is 0 Å². The van der Waals surface area contributed by atoms with Crippen molar-refractivity contribution in [3.8, 4) is 0 Å². The summed E-state index contributed by atoms with van der Waals surface area (Å²) in [5, 5.41) is 2.39. The molecular weight excluding hydrogens is 218 g/mol. The summed E-state index contributed by atoms with van der Waals surface area (Å²) in [5.41, 5.74) is 4.20. The molecule has 2 N–H and O–H groups in total. The molecule has 2 aromatic carbocycles. The fourth-order valence-electron chi connectivity index (χ4n) is 2.12. The summed E-state index contributed by atoms with van der Waals surface area (Å²) >= 11 is 0. The topological polar surface area (TPSA) is 16.6 Å². The van der Waals surface area contributed by atoms with Crippen molar-refractivity contribution >= 4 is 0 Å². The molecular formula is C17H22N+. The van der Waals surface area contributed by atoms with Gasteiger partial charge < -0.3 is 5.32 Å². The highest BCUT2D eigenvalue weighted by Crippen LogP contribution is 2.08. The van der Waals surface area contributed by atoms with Gasteiger partial charge in [-0.05, 0) is 18.9 Å². The van der Waals surface area contributed by atoms with Crippen LogP contribution in [0.4, 0.5) is 0 Å². The fourth-order valence-corrected chi connectivity index (χ4v) is 2.12. The molecule has 0 heterocycles. The third-order valence-electron chi connectivity index (χ3n) is 3.46. The van der Waals surface area contributed by atoms with E-state index < -0.39 is 0 Å². The first kappa shape index (κ1) is 12.8. The third-order valence-corrected chi connectivity index (χ3v) is 3.46. The summed E-state index contributed by atoms with van der Waals surface area (Å²) in [4.78, 5) is 0. The van der Waals surface area contributed by atoms with Gasteiger partial charge in [-0.1, -0.05) is 61.5 Å². The van der Waals surface area contributed by atoms with Crippen LogP contribution in [-0.4, -0.2) is 0 Å². The average Bonchev–Trinajstić information content (AvgIpc) is 2.46. The second-order valence-electron chi connectivity index (χ2n) is 4.81. The first-order chi connectivity index (χ1) is 8.79. The summed E-state index contributed by atoms with van der Waals surface area (Å²) in [6.45, 7) is 5.49. The number of quaternary nitrogens is 1. The lowest BCUT2D eigenvalue weighted by Gasteiger charge is -2.11. The molecule has 18 heavy (non-hydrogen) atoms. The Hall–Kier alpha value is -1.60. The minimum Gasteiger partial charge on any atom is -0.337 e. The maximum Gasteiger partial charge on any atom is 0.109 e. The zero-order valence-electron chi connectivity index (χ0n) is 11.3. The van der Waals surface area contributed by atoms with Crippen LogP contribution in [0.3, 0.4) is 0 Å². The maximum absolute atomic E-state index is 2.39. The highest BCUT2D eigenvalue weighted by molar-refractivity contribution is 5.22. The van der Waals surface area contributed by atoms with E-state index in [-0.39, 0.29) is 0 Å². The molecule has 0 aliphatic rings. The van der Waals surface area contributed by atoms with Crippen LogP contribution < -0.4 is 5.32 Å². The minimum absolute atomic E-state index is 0.511. The summed E-state index contributed by atoms with van der Waals surface area (Å²) in [7, 11) is 0. The highest BCUT2D eigenvalue weighted by atomic mass is 14.9. The molecule has 0 aliphatic heterocycles. The van der Waals surface area contributed by atoms with Crippen molar-refractivity contribution in [2.75, 3.05) is 0 Å². The van der Waals surface area contributed by atoms with Crippen molar-refractivity contribution in [2.45, 2.75) is 32.9 Å². The number of hydrogen-bond donors (Lipinski definition) is 1. The fraction of sp³-hybridized carbons (Fsp3) is 0.294. The van der Waals surface area contributed by atoms with Crippen molar-refractivity contribution < 1.29 is 5.32 Å². The van der Waals surface area contributed by atoms with Gasteiger partial charge >= 0.3 is 0 Å². The SMILES string of the molecule is CCc1ccc(C[NH2+][C@@H](C)c2ccccc2)cc1. The van der Waals surface area contributed by atoms with Crippen molar-refractivity contribution in [1.82, 2.24) is 0 Å². The van der Waals surface area contributed by atoms with Gasteiger partial charge in [-0.25, -0.2) is 0 Å². The van der Waals surface area contributed by atoms with Crippen LogP contribution in [0.1, 0.15) is 36.6 Å². The lowest BCUT2D eigenvalue weighted by atomic mass is 10.1. The second kappa shape index (κ2) is 6.36. The Morgan fingerprint density at radius 2 is 1.50 bits per heavy atom. The Bertz CT molecular complexity index is 459. The lowest BCUT2D eigenvalue weighted by Crippen LogP contribution is -2.83. The normalized spacial score (nSPS) is 12.3. The van der Waals surface area contributed by atoms with E-state index in [0.29, 0.717) is 6.04 Å². The van der Waals surface area contributed by atoms with Gasteiger partial charge in [0.25, 0.3) is 0 Å². The standard InChI is InChI=1S/C17H21N/c1-3-15-9-11-16(12-10-15)13-18-14(2)17-7-5-4-6-8-17/h4-12,14,18H,3,13H2,1-2H3/p+1/t14-/m0/s1. The van der Waals surface area contributed by atoms with Gasteiger partial charge in [-0.15, -0.1) is 0 Å². The Morgan fingerprint density at radius 3 is 2.11 bits per heavy atom. The van der Waals surface area contributed by atoms with Crippen molar-refractivity contribution in [1.29, 1.82) is 0 Å². The van der Waals surface area contributed by atoms with Crippen LogP contribution in [0.25, 0.3) is 0 Å². The van der Waals surface area contributed by atoms with Crippen LogP contribution >= 0.6 is 0 Å². The van der Waals surface area contributed by atoms with E-state index in [9.17, 15) is 0 Å². The van der Waals surface area contributed by atoms with Crippen molar-refractivity contribution in [3.63, 3.8) is 0 Å². The molecule has 0 radical (unpaired) electrons. The predicted octanol–water partition coefficient (Wildman–Crippen LogP) is 3.07. The Kier molecular flexibility index (Phi) is 4.54. The second-order valence-corrected chi connectivity index (χ2v) is 4.81. The molecule has 0 aromatic heterocycles. The van der Waals surface area contributed by atoms with E-state index in [1.165, 1.54) is 16.7 Å². The van der Waals surface area contributed by atoms with E-state index in [4.69, 9.17) is 0 Å². The lowest BCUT2D eigenvalue weighted by molar-refractivity contribution is -0.707. The predicted molar refractivity (Wildman–Crippen MR) is 76.3 cm³/mol. The van der Waals surface area contributed by atoms with Crippen LogP contribution in [0, 0.1) is 0 Å². The molecule has 94 valence electrons. The van der Waals surface area contributed by atoms with Crippen LogP contribution in [0.2, 0.25) is 0 Å². The molecule has 0 unspecified atom stereocenters. The molecule has 0 bridgehead atoms. The number of rotatable bonds is 5. The molecule has 0 saturated carbocycles. The molecule has 2 aromatic rings. The first-order valence-electron chi connectivity index (χ1n) is 6.75. The van der Waals surface area contributed by atoms with E-state index in [1.807, 2.05) is 0 Å². The van der Waals surface area contributed by atoms with E-state index in [2.05, 4.69) is 73.8 Å². The molecule has 0 fully saturated rings.